The van der Waals surface area contributed by atoms with Gasteiger partial charge in [0.15, 0.2) is 0 Å². The first-order valence-corrected chi connectivity index (χ1v) is 8.52. The van der Waals surface area contributed by atoms with Gasteiger partial charge in [0.2, 0.25) is 0 Å². The highest BCUT2D eigenvalue weighted by Gasteiger charge is 2.17. The van der Waals surface area contributed by atoms with Crippen molar-refractivity contribution in [3.8, 4) is 0 Å². The average Bonchev–Trinajstić information content (AvgIpc) is 3.01. The Morgan fingerprint density at radius 1 is 0.833 bits per heavy atom. The summed E-state index contributed by atoms with van der Waals surface area (Å²) in [6, 6.07) is 17.5. The molecule has 0 bridgehead atoms. The number of fused-ring (bicyclic) bond motifs is 1. The van der Waals surface area contributed by atoms with Crippen molar-refractivity contribution in [2.75, 3.05) is 26.2 Å². The summed E-state index contributed by atoms with van der Waals surface area (Å²) < 4.78 is 13.0. The predicted octanol–water partition coefficient (Wildman–Crippen LogP) is 3.62. The fourth-order valence-electron chi connectivity index (χ4n) is 3.41. The lowest BCUT2D eigenvalue weighted by molar-refractivity contribution is 0.121. The Kier molecular flexibility index (Phi) is 4.32. The zero-order valence-electron chi connectivity index (χ0n) is 13.7. The molecule has 1 N–H and O–H groups in total. The van der Waals surface area contributed by atoms with E-state index < -0.39 is 0 Å². The molecule has 3 nitrogen and oxygen atoms in total. The first-order valence-electron chi connectivity index (χ1n) is 8.52. The van der Waals surface area contributed by atoms with Gasteiger partial charge in [-0.05, 0) is 35.2 Å². The molecule has 3 aromatic rings. The second-order valence-corrected chi connectivity index (χ2v) is 6.56. The molecule has 2 heterocycles. The summed E-state index contributed by atoms with van der Waals surface area (Å²) in [4.78, 5) is 8.44. The van der Waals surface area contributed by atoms with E-state index in [2.05, 4.69) is 45.1 Å². The van der Waals surface area contributed by atoms with Crippen LogP contribution < -0.4 is 0 Å². The summed E-state index contributed by atoms with van der Waals surface area (Å²) in [5.41, 5.74) is 3.67. The molecule has 0 radical (unpaired) electrons. The normalized spacial score (nSPS) is 16.7. The molecule has 1 aromatic heterocycles. The lowest BCUT2D eigenvalue weighted by atomic mass is 10.2. The van der Waals surface area contributed by atoms with E-state index in [0.29, 0.717) is 0 Å². The molecular weight excluding hydrogens is 301 g/mol. The smallest absolute Gasteiger partial charge is 0.123 e. The highest BCUT2D eigenvalue weighted by atomic mass is 19.1. The van der Waals surface area contributed by atoms with Crippen molar-refractivity contribution >= 4 is 10.9 Å². The zero-order valence-corrected chi connectivity index (χ0v) is 13.7. The number of hydrogen-bond acceptors (Lipinski definition) is 2. The SMILES string of the molecule is Fc1ccc(CN2CCN(Cc3cc4ccccc4[nH]3)CC2)cc1. The van der Waals surface area contributed by atoms with Crippen LogP contribution in [0.25, 0.3) is 10.9 Å². The van der Waals surface area contributed by atoms with Gasteiger partial charge in [0, 0.05) is 50.5 Å². The topological polar surface area (TPSA) is 22.3 Å². The van der Waals surface area contributed by atoms with Crippen LogP contribution in [-0.2, 0) is 13.1 Å². The third-order valence-electron chi connectivity index (χ3n) is 4.76. The van der Waals surface area contributed by atoms with E-state index >= 15 is 0 Å². The number of nitrogens with one attached hydrogen (secondary N) is 1. The molecule has 4 rings (SSSR count). The van der Waals surface area contributed by atoms with E-state index in [1.807, 2.05) is 12.1 Å². The number of benzene rings is 2. The minimum atomic E-state index is -0.165. The number of nitrogens with zero attached hydrogens (tertiary/aromatic N) is 2. The zero-order chi connectivity index (χ0) is 16.4. The first kappa shape index (κ1) is 15.4. The Labute approximate surface area is 141 Å². The fraction of sp³-hybridized carbons (Fsp3) is 0.300. The fourth-order valence-corrected chi connectivity index (χ4v) is 3.41. The molecule has 1 aliphatic rings. The van der Waals surface area contributed by atoms with Crippen molar-refractivity contribution in [2.45, 2.75) is 13.1 Å². The van der Waals surface area contributed by atoms with Crippen LogP contribution in [-0.4, -0.2) is 41.0 Å². The molecule has 0 atom stereocenters. The van der Waals surface area contributed by atoms with E-state index in [1.54, 1.807) is 12.1 Å². The maximum absolute atomic E-state index is 13.0. The van der Waals surface area contributed by atoms with Gasteiger partial charge in [-0.3, -0.25) is 9.80 Å². The van der Waals surface area contributed by atoms with Gasteiger partial charge < -0.3 is 4.98 Å². The highest BCUT2D eigenvalue weighted by Crippen LogP contribution is 2.17. The minimum absolute atomic E-state index is 0.165. The van der Waals surface area contributed by atoms with E-state index in [1.165, 1.54) is 22.2 Å². The predicted molar refractivity (Wildman–Crippen MR) is 95.3 cm³/mol. The maximum Gasteiger partial charge on any atom is 0.123 e. The third-order valence-corrected chi connectivity index (χ3v) is 4.76. The number of piperazine rings is 1. The molecule has 0 amide bonds. The van der Waals surface area contributed by atoms with E-state index in [0.717, 1.165) is 39.3 Å². The van der Waals surface area contributed by atoms with Gasteiger partial charge in [-0.1, -0.05) is 30.3 Å². The van der Waals surface area contributed by atoms with Crippen molar-refractivity contribution in [2.24, 2.45) is 0 Å². The molecule has 1 saturated heterocycles. The van der Waals surface area contributed by atoms with Crippen LogP contribution >= 0.6 is 0 Å². The molecule has 0 spiro atoms. The lowest BCUT2D eigenvalue weighted by Gasteiger charge is -2.34. The highest BCUT2D eigenvalue weighted by molar-refractivity contribution is 5.80. The largest absolute Gasteiger partial charge is 0.357 e. The van der Waals surface area contributed by atoms with E-state index in [9.17, 15) is 4.39 Å². The molecular formula is C20H22FN3. The van der Waals surface area contributed by atoms with Gasteiger partial charge in [-0.25, -0.2) is 4.39 Å². The van der Waals surface area contributed by atoms with Gasteiger partial charge in [-0.2, -0.15) is 0 Å². The average molecular weight is 323 g/mol. The number of rotatable bonds is 4. The van der Waals surface area contributed by atoms with Crippen LogP contribution in [0.5, 0.6) is 0 Å². The summed E-state index contributed by atoms with van der Waals surface area (Å²) in [6.07, 6.45) is 0. The summed E-state index contributed by atoms with van der Waals surface area (Å²) in [7, 11) is 0. The summed E-state index contributed by atoms with van der Waals surface area (Å²) in [5.74, 6) is -0.165. The summed E-state index contributed by atoms with van der Waals surface area (Å²) >= 11 is 0. The van der Waals surface area contributed by atoms with Crippen LogP contribution in [0.3, 0.4) is 0 Å². The van der Waals surface area contributed by atoms with Crippen molar-refractivity contribution in [3.63, 3.8) is 0 Å². The van der Waals surface area contributed by atoms with Gasteiger partial charge in [0.25, 0.3) is 0 Å². The first-order chi connectivity index (χ1) is 11.8. The monoisotopic (exact) mass is 323 g/mol. The molecule has 0 aliphatic carbocycles. The number of para-hydroxylation sites is 1. The van der Waals surface area contributed by atoms with Crippen LogP contribution in [0.15, 0.2) is 54.6 Å². The lowest BCUT2D eigenvalue weighted by Crippen LogP contribution is -2.45. The van der Waals surface area contributed by atoms with Crippen LogP contribution in [0.4, 0.5) is 4.39 Å². The van der Waals surface area contributed by atoms with E-state index in [4.69, 9.17) is 0 Å². The third kappa shape index (κ3) is 3.50. The van der Waals surface area contributed by atoms with Crippen LogP contribution in [0.2, 0.25) is 0 Å². The Morgan fingerprint density at radius 2 is 1.50 bits per heavy atom. The Balaban J connectivity index is 1.31. The second-order valence-electron chi connectivity index (χ2n) is 6.56. The van der Waals surface area contributed by atoms with Gasteiger partial charge in [0.1, 0.15) is 5.82 Å². The molecule has 0 saturated carbocycles. The number of aromatic nitrogens is 1. The molecule has 4 heteroatoms. The second kappa shape index (κ2) is 6.75. The van der Waals surface area contributed by atoms with Crippen molar-refractivity contribution in [1.29, 1.82) is 0 Å². The van der Waals surface area contributed by atoms with Gasteiger partial charge in [0.05, 0.1) is 0 Å². The number of halogens is 1. The van der Waals surface area contributed by atoms with Crippen molar-refractivity contribution in [3.05, 3.63) is 71.7 Å². The van der Waals surface area contributed by atoms with E-state index in [-0.39, 0.29) is 5.82 Å². The molecule has 1 aliphatic heterocycles. The standard InChI is InChI=1S/C20H22FN3/c21-18-7-5-16(6-8-18)14-23-9-11-24(12-10-23)15-19-13-17-3-1-2-4-20(17)22-19/h1-8,13,22H,9-12,14-15H2. The molecule has 1 fully saturated rings. The maximum atomic E-state index is 13.0. The van der Waals surface area contributed by atoms with Gasteiger partial charge in [-0.15, -0.1) is 0 Å². The quantitative estimate of drug-likeness (QED) is 0.792. The van der Waals surface area contributed by atoms with Gasteiger partial charge >= 0.3 is 0 Å². The van der Waals surface area contributed by atoms with Crippen LogP contribution in [0, 0.1) is 5.82 Å². The van der Waals surface area contributed by atoms with Crippen LogP contribution in [0.1, 0.15) is 11.3 Å². The molecule has 0 unspecified atom stereocenters. The number of hydrogen-bond donors (Lipinski definition) is 1. The summed E-state index contributed by atoms with van der Waals surface area (Å²) in [6.45, 7) is 6.11. The molecule has 24 heavy (non-hydrogen) atoms. The Hall–Kier alpha value is -2.17. The van der Waals surface area contributed by atoms with Crippen molar-refractivity contribution in [1.82, 2.24) is 14.8 Å². The Morgan fingerprint density at radius 3 is 2.21 bits per heavy atom. The number of aromatic amines is 1. The molecule has 124 valence electrons. The number of H-pyrrole nitrogens is 1. The summed E-state index contributed by atoms with van der Waals surface area (Å²) in [5, 5.41) is 1.28. The van der Waals surface area contributed by atoms with Crippen molar-refractivity contribution < 1.29 is 4.39 Å². The Bertz CT molecular complexity index is 768. The minimum Gasteiger partial charge on any atom is -0.357 e. The molecule has 2 aromatic carbocycles.